The molecule has 0 atom stereocenters. The molecule has 0 amide bonds. The Kier molecular flexibility index (Phi) is 3.09. The Morgan fingerprint density at radius 2 is 1.74 bits per heavy atom. The summed E-state index contributed by atoms with van der Waals surface area (Å²) >= 11 is 1.30. The van der Waals surface area contributed by atoms with Gasteiger partial charge in [-0.05, 0) is 18.2 Å². The molecule has 0 bridgehead atoms. The monoisotopic (exact) mass is 273 g/mol. The Balaban J connectivity index is 2.04. The summed E-state index contributed by atoms with van der Waals surface area (Å²) in [7, 11) is 0. The summed E-state index contributed by atoms with van der Waals surface area (Å²) in [6.45, 7) is 0. The molecule has 0 saturated carbocycles. The molecule has 0 unspecified atom stereocenters. The van der Waals surface area contributed by atoms with E-state index in [0.29, 0.717) is 5.01 Å². The zero-order valence-corrected chi connectivity index (χ0v) is 10.6. The van der Waals surface area contributed by atoms with Gasteiger partial charge in [-0.25, -0.2) is 13.8 Å². The Labute approximate surface area is 113 Å². The van der Waals surface area contributed by atoms with Crippen LogP contribution in [0.2, 0.25) is 0 Å². The van der Waals surface area contributed by atoms with E-state index in [-0.39, 0.29) is 5.56 Å². The molecule has 0 N–H and O–H groups in total. The van der Waals surface area contributed by atoms with Gasteiger partial charge in [0.15, 0.2) is 0 Å². The number of thiazole rings is 1. The van der Waals surface area contributed by atoms with Gasteiger partial charge in [0, 0.05) is 16.5 Å². The molecule has 2 aromatic carbocycles. The lowest BCUT2D eigenvalue weighted by Gasteiger charge is -1.99. The molecule has 94 valence electrons. The van der Waals surface area contributed by atoms with E-state index >= 15 is 0 Å². The highest BCUT2D eigenvalue weighted by atomic mass is 32.1. The summed E-state index contributed by atoms with van der Waals surface area (Å²) in [5.74, 6) is -0.928. The predicted octanol–water partition coefficient (Wildman–Crippen LogP) is 4.76. The molecule has 0 radical (unpaired) electrons. The van der Waals surface area contributed by atoms with Gasteiger partial charge < -0.3 is 0 Å². The zero-order chi connectivity index (χ0) is 13.2. The molecule has 0 spiro atoms. The molecule has 1 aromatic heterocycles. The van der Waals surface area contributed by atoms with E-state index in [2.05, 4.69) is 4.98 Å². The Hall–Kier alpha value is -2.07. The summed E-state index contributed by atoms with van der Waals surface area (Å²) in [6.07, 6.45) is 0. The first-order valence-corrected chi connectivity index (χ1v) is 6.58. The number of aromatic nitrogens is 1. The normalized spacial score (nSPS) is 10.6. The first kappa shape index (κ1) is 12.0. The minimum Gasteiger partial charge on any atom is -0.236 e. The number of hydrogen-bond acceptors (Lipinski definition) is 2. The van der Waals surface area contributed by atoms with E-state index in [1.54, 1.807) is 0 Å². The Bertz CT molecular complexity index is 707. The first-order chi connectivity index (χ1) is 9.24. The molecular formula is C15H9F2NS. The fourth-order valence-electron chi connectivity index (χ4n) is 1.80. The summed E-state index contributed by atoms with van der Waals surface area (Å²) in [5.41, 5.74) is 1.93. The lowest BCUT2D eigenvalue weighted by molar-refractivity contribution is 0.603. The Morgan fingerprint density at radius 1 is 0.947 bits per heavy atom. The number of benzene rings is 2. The number of rotatable bonds is 2. The molecular weight excluding hydrogens is 264 g/mol. The summed E-state index contributed by atoms with van der Waals surface area (Å²) in [6, 6.07) is 13.0. The van der Waals surface area contributed by atoms with Crippen molar-refractivity contribution in [2.75, 3.05) is 0 Å². The van der Waals surface area contributed by atoms with Crippen LogP contribution in [0.25, 0.3) is 21.8 Å². The van der Waals surface area contributed by atoms with Gasteiger partial charge in [-0.15, -0.1) is 11.3 Å². The van der Waals surface area contributed by atoms with Crippen molar-refractivity contribution in [3.05, 3.63) is 65.5 Å². The average molecular weight is 273 g/mol. The topological polar surface area (TPSA) is 12.9 Å². The van der Waals surface area contributed by atoms with Crippen molar-refractivity contribution in [2.24, 2.45) is 0 Å². The number of halogens is 2. The van der Waals surface area contributed by atoms with Gasteiger partial charge in [-0.1, -0.05) is 30.3 Å². The van der Waals surface area contributed by atoms with Crippen molar-refractivity contribution in [3.63, 3.8) is 0 Å². The van der Waals surface area contributed by atoms with Crippen LogP contribution in [0.5, 0.6) is 0 Å². The molecule has 0 aliphatic heterocycles. The van der Waals surface area contributed by atoms with Crippen molar-refractivity contribution in [2.45, 2.75) is 0 Å². The van der Waals surface area contributed by atoms with E-state index in [0.717, 1.165) is 23.4 Å². The lowest BCUT2D eigenvalue weighted by Crippen LogP contribution is -1.86. The second-order valence-electron chi connectivity index (χ2n) is 4.03. The molecule has 0 aliphatic rings. The molecule has 4 heteroatoms. The van der Waals surface area contributed by atoms with Crippen LogP contribution in [0.1, 0.15) is 0 Å². The molecule has 0 fully saturated rings. The third-order valence-corrected chi connectivity index (χ3v) is 3.61. The maximum atomic E-state index is 13.7. The molecule has 1 nitrogen and oxygen atoms in total. The smallest absolute Gasteiger partial charge is 0.133 e. The SMILES string of the molecule is Fc1ccc(F)c(-c2nc(-c3ccccc3)cs2)c1. The predicted molar refractivity (Wildman–Crippen MR) is 72.9 cm³/mol. The van der Waals surface area contributed by atoms with Gasteiger partial charge in [0.25, 0.3) is 0 Å². The van der Waals surface area contributed by atoms with Gasteiger partial charge in [0.1, 0.15) is 16.6 Å². The van der Waals surface area contributed by atoms with Gasteiger partial charge in [0.05, 0.1) is 5.69 Å². The maximum absolute atomic E-state index is 13.7. The van der Waals surface area contributed by atoms with Crippen LogP contribution in [0.15, 0.2) is 53.9 Å². The van der Waals surface area contributed by atoms with Crippen LogP contribution < -0.4 is 0 Å². The fraction of sp³-hybridized carbons (Fsp3) is 0. The van der Waals surface area contributed by atoms with Crippen LogP contribution in [0, 0.1) is 11.6 Å². The van der Waals surface area contributed by atoms with E-state index < -0.39 is 11.6 Å². The average Bonchev–Trinajstić information content (AvgIpc) is 2.92. The molecule has 0 saturated heterocycles. The summed E-state index contributed by atoms with van der Waals surface area (Å²) < 4.78 is 26.8. The van der Waals surface area contributed by atoms with E-state index in [4.69, 9.17) is 0 Å². The lowest BCUT2D eigenvalue weighted by atomic mass is 10.2. The van der Waals surface area contributed by atoms with Crippen LogP contribution in [-0.4, -0.2) is 4.98 Å². The second kappa shape index (κ2) is 4.90. The van der Waals surface area contributed by atoms with E-state index in [1.807, 2.05) is 35.7 Å². The van der Waals surface area contributed by atoms with Crippen LogP contribution in [0.4, 0.5) is 8.78 Å². The Morgan fingerprint density at radius 3 is 2.53 bits per heavy atom. The van der Waals surface area contributed by atoms with Crippen molar-refractivity contribution >= 4 is 11.3 Å². The standard InChI is InChI=1S/C15H9F2NS/c16-11-6-7-13(17)12(8-11)15-18-14(9-19-15)10-4-2-1-3-5-10/h1-9H. The molecule has 1 heterocycles. The van der Waals surface area contributed by atoms with Crippen LogP contribution >= 0.6 is 11.3 Å². The van der Waals surface area contributed by atoms with Gasteiger partial charge in [-0.2, -0.15) is 0 Å². The molecule has 19 heavy (non-hydrogen) atoms. The second-order valence-corrected chi connectivity index (χ2v) is 4.89. The highest BCUT2D eigenvalue weighted by Crippen LogP contribution is 2.30. The largest absolute Gasteiger partial charge is 0.236 e. The fourth-order valence-corrected chi connectivity index (χ4v) is 2.65. The van der Waals surface area contributed by atoms with Crippen molar-refractivity contribution < 1.29 is 8.78 Å². The van der Waals surface area contributed by atoms with Gasteiger partial charge >= 0.3 is 0 Å². The molecule has 3 rings (SSSR count). The van der Waals surface area contributed by atoms with E-state index in [1.165, 1.54) is 17.4 Å². The summed E-state index contributed by atoms with van der Waals surface area (Å²) in [5, 5.41) is 2.32. The van der Waals surface area contributed by atoms with Gasteiger partial charge in [-0.3, -0.25) is 0 Å². The van der Waals surface area contributed by atoms with Crippen LogP contribution in [-0.2, 0) is 0 Å². The third-order valence-electron chi connectivity index (χ3n) is 2.73. The highest BCUT2D eigenvalue weighted by Gasteiger charge is 2.11. The third kappa shape index (κ3) is 2.39. The highest BCUT2D eigenvalue weighted by molar-refractivity contribution is 7.13. The maximum Gasteiger partial charge on any atom is 0.133 e. The molecule has 3 aromatic rings. The van der Waals surface area contributed by atoms with E-state index in [9.17, 15) is 8.78 Å². The molecule has 0 aliphatic carbocycles. The first-order valence-electron chi connectivity index (χ1n) is 5.70. The van der Waals surface area contributed by atoms with Gasteiger partial charge in [0.2, 0.25) is 0 Å². The minimum atomic E-state index is -0.465. The minimum absolute atomic E-state index is 0.201. The quantitative estimate of drug-likeness (QED) is 0.656. The van der Waals surface area contributed by atoms with Crippen molar-refractivity contribution in [3.8, 4) is 21.8 Å². The number of hydrogen-bond donors (Lipinski definition) is 0. The summed E-state index contributed by atoms with van der Waals surface area (Å²) in [4.78, 5) is 4.36. The zero-order valence-electron chi connectivity index (χ0n) is 9.81. The number of nitrogens with zero attached hydrogens (tertiary/aromatic N) is 1. The van der Waals surface area contributed by atoms with Crippen molar-refractivity contribution in [1.82, 2.24) is 4.98 Å². The van der Waals surface area contributed by atoms with Crippen molar-refractivity contribution in [1.29, 1.82) is 0 Å². The van der Waals surface area contributed by atoms with Crippen LogP contribution in [0.3, 0.4) is 0 Å².